The maximum Gasteiger partial charge on any atom is 0.280 e. The minimum absolute atomic E-state index is 0.0665. The summed E-state index contributed by atoms with van der Waals surface area (Å²) in [5.74, 6) is 4.23. The number of carbonyl (C=O) groups is 1. The molecule has 6 unspecified atom stereocenters. The van der Waals surface area contributed by atoms with Gasteiger partial charge in [-0.2, -0.15) is 0 Å². The summed E-state index contributed by atoms with van der Waals surface area (Å²) in [4.78, 5) is 21.3. The second-order valence-electron chi connectivity index (χ2n) is 23.9. The number of H-pyrrole nitrogens is 1. The Morgan fingerprint density at radius 1 is 0.583 bits per heavy atom. The van der Waals surface area contributed by atoms with Crippen molar-refractivity contribution in [2.45, 2.75) is 162 Å². The number of benzene rings is 2. The predicted molar refractivity (Wildman–Crippen MR) is 254 cm³/mol. The Labute approximate surface area is 366 Å². The fourth-order valence-electron chi connectivity index (χ4n) is 10.1. The van der Waals surface area contributed by atoms with Crippen molar-refractivity contribution in [3.63, 3.8) is 0 Å². The van der Waals surface area contributed by atoms with Crippen molar-refractivity contribution >= 4 is 11.6 Å². The molecule has 1 amide bonds. The topological polar surface area (TPSA) is 83.9 Å². The first-order valence-electron chi connectivity index (χ1n) is 23.2. The van der Waals surface area contributed by atoms with Crippen LogP contribution in [0.15, 0.2) is 53.5 Å². The van der Waals surface area contributed by atoms with Crippen molar-refractivity contribution in [1.29, 1.82) is 0 Å². The maximum atomic E-state index is 13.7. The average molecular weight is 825 g/mol. The number of nitrogens with one attached hydrogen (secondary N) is 1. The summed E-state index contributed by atoms with van der Waals surface area (Å²) in [7, 11) is 0. The molecule has 2 heterocycles. The number of rotatable bonds is 20. The van der Waals surface area contributed by atoms with Crippen molar-refractivity contribution in [3.8, 4) is 28.6 Å². The van der Waals surface area contributed by atoms with E-state index in [2.05, 4.69) is 121 Å². The second kappa shape index (κ2) is 20.1. The first-order valence-corrected chi connectivity index (χ1v) is 23.2. The van der Waals surface area contributed by atoms with Gasteiger partial charge in [-0.3, -0.25) is 4.79 Å². The average Bonchev–Trinajstić information content (AvgIpc) is 3.62. The van der Waals surface area contributed by atoms with Gasteiger partial charge in [0.1, 0.15) is 11.5 Å². The van der Waals surface area contributed by atoms with Gasteiger partial charge in [0.15, 0.2) is 5.88 Å². The zero-order chi connectivity index (χ0) is 44.8. The summed E-state index contributed by atoms with van der Waals surface area (Å²) >= 11 is 0. The zero-order valence-electron chi connectivity index (χ0n) is 40.8. The van der Waals surface area contributed by atoms with Crippen molar-refractivity contribution in [1.82, 2.24) is 4.98 Å². The highest BCUT2D eigenvalue weighted by atomic mass is 16.5. The van der Waals surface area contributed by atoms with Gasteiger partial charge < -0.3 is 19.6 Å². The van der Waals surface area contributed by atoms with Crippen LogP contribution in [0.25, 0.3) is 11.3 Å². The second-order valence-corrected chi connectivity index (χ2v) is 23.9. The zero-order valence-corrected chi connectivity index (χ0v) is 40.8. The van der Waals surface area contributed by atoms with Crippen LogP contribution in [-0.2, 0) is 0 Å². The Bertz CT molecular complexity index is 1870. The third kappa shape index (κ3) is 15.4. The van der Waals surface area contributed by atoms with E-state index in [0.717, 1.165) is 48.3 Å². The number of carbonyl (C=O) groups excluding carboxylic acids is 1. The van der Waals surface area contributed by atoms with Crippen LogP contribution in [-0.4, -0.2) is 34.9 Å². The lowest BCUT2D eigenvalue weighted by Crippen LogP contribution is -2.25. The lowest BCUT2D eigenvalue weighted by Gasteiger charge is -2.31. The van der Waals surface area contributed by atoms with Crippen LogP contribution in [0.1, 0.15) is 184 Å². The molecule has 0 spiro atoms. The number of aromatic amines is 1. The number of nitrogens with zero attached hydrogens (tertiary/aromatic N) is 1. The molecule has 334 valence electrons. The lowest BCUT2D eigenvalue weighted by atomic mass is 9.76. The molecule has 4 rings (SSSR count). The quantitative estimate of drug-likeness (QED) is 0.119. The van der Waals surface area contributed by atoms with Crippen molar-refractivity contribution < 1.29 is 19.4 Å². The van der Waals surface area contributed by atoms with Gasteiger partial charge in [-0.15, -0.1) is 0 Å². The summed E-state index contributed by atoms with van der Waals surface area (Å²) in [6, 6.07) is 15.7. The normalized spacial score (nSPS) is 16.8. The molecule has 1 aromatic heterocycles. The third-order valence-corrected chi connectivity index (χ3v) is 12.3. The molecule has 2 aromatic carbocycles. The highest BCUT2D eigenvalue weighted by Crippen LogP contribution is 2.41. The minimum Gasteiger partial charge on any atom is -0.494 e. The Hall–Kier alpha value is -3.54. The highest BCUT2D eigenvalue weighted by molar-refractivity contribution is 6.30. The monoisotopic (exact) mass is 825 g/mol. The van der Waals surface area contributed by atoms with Gasteiger partial charge in [0.05, 0.1) is 35.7 Å². The molecule has 0 aliphatic carbocycles. The maximum absolute atomic E-state index is 13.7. The SMILES string of the molecule is CC(CCC(COc1cccc(C2=NC(=O)c3c(-c4cccc(OCC(CCC(C)CC(C)(C)C)C(C)CC(C)(C)C)c4)[nH]c(O)c32)c1)C(C)CC(C)(C)C)CC(C)(C)C. The molecule has 6 nitrogen and oxygen atoms in total. The molecule has 0 fully saturated rings. The lowest BCUT2D eigenvalue weighted by molar-refractivity contribution is 0.101. The first-order chi connectivity index (χ1) is 27.7. The van der Waals surface area contributed by atoms with Gasteiger partial charge in [0.2, 0.25) is 0 Å². The summed E-state index contributed by atoms with van der Waals surface area (Å²) in [5.41, 5.74) is 4.46. The standard InChI is InChI=1S/C54H84N2O4/c1-35(29-51(5,6)7)23-25-41(37(3)31-53(11,12)13)33-59-43-21-17-19-39(27-43)47-45-46(50(58)55-47)48(56-49(45)57)40-20-18-22-44(28-40)60-34-42(38(4)32-54(14,15)16)26-24-36(2)30-52(8,9)10/h17-22,27-28,35-38,41-42,55,58H,23-26,29-34H2,1-16H3. The number of aromatic nitrogens is 1. The number of ether oxygens (including phenoxy) is 2. The molecule has 0 saturated carbocycles. The van der Waals surface area contributed by atoms with E-state index in [9.17, 15) is 9.90 Å². The molecular formula is C54H84N2O4. The predicted octanol–water partition coefficient (Wildman–Crippen LogP) is 15.2. The molecule has 0 saturated heterocycles. The van der Waals surface area contributed by atoms with Crippen molar-refractivity contribution in [2.24, 2.45) is 62.2 Å². The molecule has 60 heavy (non-hydrogen) atoms. The molecule has 6 atom stereocenters. The van der Waals surface area contributed by atoms with E-state index < -0.39 is 0 Å². The molecular weight excluding hydrogens is 741 g/mol. The fraction of sp³-hybridized carbons (Fsp3) is 0.667. The van der Waals surface area contributed by atoms with Crippen LogP contribution in [0, 0.1) is 57.2 Å². The minimum atomic E-state index is -0.370. The summed E-state index contributed by atoms with van der Waals surface area (Å²) < 4.78 is 13.1. The summed E-state index contributed by atoms with van der Waals surface area (Å²) in [5, 5.41) is 11.4. The van der Waals surface area contributed by atoms with E-state index >= 15 is 0 Å². The molecule has 0 bridgehead atoms. The van der Waals surface area contributed by atoms with E-state index in [1.165, 1.54) is 25.7 Å². The van der Waals surface area contributed by atoms with E-state index in [0.29, 0.717) is 82.1 Å². The third-order valence-electron chi connectivity index (χ3n) is 12.3. The number of amides is 1. The van der Waals surface area contributed by atoms with E-state index in [4.69, 9.17) is 9.47 Å². The van der Waals surface area contributed by atoms with Crippen molar-refractivity contribution in [2.75, 3.05) is 13.2 Å². The van der Waals surface area contributed by atoms with Crippen LogP contribution in [0.5, 0.6) is 17.4 Å². The van der Waals surface area contributed by atoms with Crippen LogP contribution >= 0.6 is 0 Å². The molecule has 1 aliphatic rings. The van der Waals surface area contributed by atoms with Gasteiger partial charge in [0.25, 0.3) is 5.91 Å². The molecule has 0 radical (unpaired) electrons. The number of aliphatic imine (C=N–C) groups is 1. The van der Waals surface area contributed by atoms with E-state index in [1.54, 1.807) is 0 Å². The van der Waals surface area contributed by atoms with E-state index in [1.807, 2.05) is 48.5 Å². The van der Waals surface area contributed by atoms with Gasteiger partial charge in [-0.25, -0.2) is 4.99 Å². The fourth-order valence-corrected chi connectivity index (χ4v) is 10.1. The van der Waals surface area contributed by atoms with Crippen LogP contribution in [0.2, 0.25) is 0 Å². The molecule has 1 aliphatic heterocycles. The number of aromatic hydroxyl groups is 1. The van der Waals surface area contributed by atoms with E-state index in [-0.39, 0.29) is 22.6 Å². The largest absolute Gasteiger partial charge is 0.494 e. The van der Waals surface area contributed by atoms with Gasteiger partial charge in [-0.1, -0.05) is 148 Å². The number of hydrogen-bond donors (Lipinski definition) is 2. The summed E-state index contributed by atoms with van der Waals surface area (Å²) in [6.45, 7) is 38.7. The number of hydrogen-bond acceptors (Lipinski definition) is 4. The highest BCUT2D eigenvalue weighted by Gasteiger charge is 2.34. The van der Waals surface area contributed by atoms with Gasteiger partial charge in [0, 0.05) is 11.1 Å². The Morgan fingerprint density at radius 3 is 1.43 bits per heavy atom. The molecule has 6 heteroatoms. The Balaban J connectivity index is 1.51. The van der Waals surface area contributed by atoms with Gasteiger partial charge in [-0.05, 0) is 120 Å². The van der Waals surface area contributed by atoms with Gasteiger partial charge >= 0.3 is 0 Å². The number of fused-ring (bicyclic) bond motifs is 1. The van der Waals surface area contributed by atoms with Crippen LogP contribution < -0.4 is 9.47 Å². The first kappa shape index (κ1) is 49.1. The van der Waals surface area contributed by atoms with Crippen LogP contribution in [0.3, 0.4) is 0 Å². The Kier molecular flexibility index (Phi) is 16.5. The molecule has 3 aromatic rings. The Morgan fingerprint density at radius 2 is 1.00 bits per heavy atom. The molecule has 2 N–H and O–H groups in total. The smallest absolute Gasteiger partial charge is 0.280 e. The summed E-state index contributed by atoms with van der Waals surface area (Å²) in [6.07, 6.45) is 9.30. The van der Waals surface area contributed by atoms with Crippen LogP contribution in [0.4, 0.5) is 0 Å². The van der Waals surface area contributed by atoms with Crippen molar-refractivity contribution in [3.05, 3.63) is 65.2 Å².